The van der Waals surface area contributed by atoms with Crippen LogP contribution in [0.3, 0.4) is 0 Å². The van der Waals surface area contributed by atoms with Gasteiger partial charge in [0.05, 0.1) is 11.5 Å². The van der Waals surface area contributed by atoms with Crippen molar-refractivity contribution in [1.82, 2.24) is 5.32 Å². The first-order chi connectivity index (χ1) is 10.9. The van der Waals surface area contributed by atoms with Crippen molar-refractivity contribution in [2.24, 2.45) is 5.92 Å². The Morgan fingerprint density at radius 3 is 2.48 bits per heavy atom. The summed E-state index contributed by atoms with van der Waals surface area (Å²) in [5.74, 6) is -0.143. The first kappa shape index (κ1) is 17.9. The number of hydrogen-bond donors (Lipinski definition) is 2. The zero-order valence-corrected chi connectivity index (χ0v) is 13.8. The molecule has 1 amide bonds. The van der Waals surface area contributed by atoms with E-state index in [0.29, 0.717) is 39.0 Å². The Labute approximate surface area is 137 Å². The van der Waals surface area contributed by atoms with Gasteiger partial charge in [-0.1, -0.05) is 19.1 Å². The molecule has 1 aromatic carbocycles. The van der Waals surface area contributed by atoms with Crippen LogP contribution in [0, 0.1) is 11.7 Å². The SMILES string of the molecule is CC(O)CC(C)CNC(=O)C1(c2ccc(F)cc2)CCOCC1. The summed E-state index contributed by atoms with van der Waals surface area (Å²) in [5, 5.41) is 12.4. The van der Waals surface area contributed by atoms with Crippen LogP contribution in [0.1, 0.15) is 38.7 Å². The predicted molar refractivity (Wildman–Crippen MR) is 86.6 cm³/mol. The number of aliphatic hydroxyl groups excluding tert-OH is 1. The van der Waals surface area contributed by atoms with Crippen molar-refractivity contribution in [2.45, 2.75) is 44.6 Å². The molecule has 1 fully saturated rings. The second kappa shape index (κ2) is 7.88. The average molecular weight is 323 g/mol. The zero-order chi connectivity index (χ0) is 16.9. The maximum Gasteiger partial charge on any atom is 0.230 e. The van der Waals surface area contributed by atoms with Gasteiger partial charge in [0.1, 0.15) is 5.82 Å². The van der Waals surface area contributed by atoms with E-state index in [2.05, 4.69) is 5.32 Å². The first-order valence-electron chi connectivity index (χ1n) is 8.24. The number of carbonyl (C=O) groups excluding carboxylic acids is 1. The van der Waals surface area contributed by atoms with Gasteiger partial charge in [0.25, 0.3) is 0 Å². The van der Waals surface area contributed by atoms with E-state index in [1.807, 2.05) is 6.92 Å². The summed E-state index contributed by atoms with van der Waals surface area (Å²) in [6.45, 7) is 5.31. The number of carbonyl (C=O) groups is 1. The summed E-state index contributed by atoms with van der Waals surface area (Å²) in [5.41, 5.74) is 0.180. The zero-order valence-electron chi connectivity index (χ0n) is 13.8. The molecule has 0 aliphatic carbocycles. The van der Waals surface area contributed by atoms with Gasteiger partial charge in [-0.25, -0.2) is 4.39 Å². The van der Waals surface area contributed by atoms with Gasteiger partial charge in [-0.15, -0.1) is 0 Å². The molecule has 0 aromatic heterocycles. The van der Waals surface area contributed by atoms with Gasteiger partial charge in [0.2, 0.25) is 5.91 Å². The van der Waals surface area contributed by atoms with E-state index < -0.39 is 5.41 Å². The minimum atomic E-state index is -0.656. The highest BCUT2D eigenvalue weighted by atomic mass is 19.1. The monoisotopic (exact) mass is 323 g/mol. The molecular formula is C18H26FNO3. The maximum absolute atomic E-state index is 13.2. The number of amides is 1. The molecule has 23 heavy (non-hydrogen) atoms. The largest absolute Gasteiger partial charge is 0.393 e. The van der Waals surface area contributed by atoms with Gasteiger partial charge in [-0.3, -0.25) is 4.79 Å². The number of halogens is 1. The predicted octanol–water partition coefficient (Wildman–Crippen LogP) is 2.40. The van der Waals surface area contributed by atoms with Crippen molar-refractivity contribution in [2.75, 3.05) is 19.8 Å². The van der Waals surface area contributed by atoms with Gasteiger partial charge in [0, 0.05) is 19.8 Å². The van der Waals surface area contributed by atoms with E-state index >= 15 is 0 Å². The Morgan fingerprint density at radius 2 is 1.91 bits per heavy atom. The van der Waals surface area contributed by atoms with Crippen molar-refractivity contribution in [1.29, 1.82) is 0 Å². The summed E-state index contributed by atoms with van der Waals surface area (Å²) >= 11 is 0. The summed E-state index contributed by atoms with van der Waals surface area (Å²) in [6.07, 6.45) is 1.45. The van der Waals surface area contributed by atoms with Crippen molar-refractivity contribution in [3.05, 3.63) is 35.6 Å². The van der Waals surface area contributed by atoms with E-state index in [9.17, 15) is 14.3 Å². The summed E-state index contributed by atoms with van der Waals surface area (Å²) < 4.78 is 18.6. The maximum atomic E-state index is 13.2. The average Bonchev–Trinajstić information content (AvgIpc) is 2.53. The van der Waals surface area contributed by atoms with Crippen LogP contribution in [0.5, 0.6) is 0 Å². The number of hydrogen-bond acceptors (Lipinski definition) is 3. The molecule has 0 bridgehead atoms. The Bertz CT molecular complexity index is 510. The molecule has 2 rings (SSSR count). The molecule has 0 radical (unpaired) electrons. The first-order valence-corrected chi connectivity index (χ1v) is 8.24. The normalized spacial score (nSPS) is 19.8. The number of benzene rings is 1. The molecule has 2 atom stereocenters. The van der Waals surface area contributed by atoms with E-state index in [4.69, 9.17) is 4.74 Å². The Balaban J connectivity index is 2.11. The quantitative estimate of drug-likeness (QED) is 0.845. The lowest BCUT2D eigenvalue weighted by Gasteiger charge is -2.36. The van der Waals surface area contributed by atoms with Crippen LogP contribution in [0.15, 0.2) is 24.3 Å². The summed E-state index contributed by atoms with van der Waals surface area (Å²) in [6, 6.07) is 6.19. The minimum Gasteiger partial charge on any atom is -0.393 e. The lowest BCUT2D eigenvalue weighted by molar-refractivity contribution is -0.130. The standard InChI is InChI=1S/C18H26FNO3/c1-13(11-14(2)21)12-20-17(22)18(7-9-23-10-8-18)15-3-5-16(19)6-4-15/h3-6,13-14,21H,7-12H2,1-2H3,(H,20,22). The van der Waals surface area contributed by atoms with Crippen molar-refractivity contribution >= 4 is 5.91 Å². The minimum absolute atomic E-state index is 0.0372. The Hall–Kier alpha value is -1.46. The van der Waals surface area contributed by atoms with Crippen molar-refractivity contribution < 1.29 is 19.0 Å². The third-order valence-corrected chi connectivity index (χ3v) is 4.53. The fourth-order valence-corrected chi connectivity index (χ4v) is 3.24. The molecule has 2 N–H and O–H groups in total. The van der Waals surface area contributed by atoms with E-state index in [1.54, 1.807) is 19.1 Å². The molecule has 0 spiro atoms. The van der Waals surface area contributed by atoms with E-state index in [-0.39, 0.29) is 23.7 Å². The van der Waals surface area contributed by atoms with Crippen LogP contribution >= 0.6 is 0 Å². The highest BCUT2D eigenvalue weighted by Crippen LogP contribution is 2.35. The lowest BCUT2D eigenvalue weighted by atomic mass is 9.73. The topological polar surface area (TPSA) is 58.6 Å². The van der Waals surface area contributed by atoms with Gasteiger partial charge in [-0.05, 0) is 49.8 Å². The van der Waals surface area contributed by atoms with Gasteiger partial charge < -0.3 is 15.2 Å². The van der Waals surface area contributed by atoms with Crippen LogP contribution < -0.4 is 5.32 Å². The molecule has 1 aliphatic heterocycles. The van der Waals surface area contributed by atoms with Crippen LogP contribution in [0.25, 0.3) is 0 Å². The third-order valence-electron chi connectivity index (χ3n) is 4.53. The molecule has 5 heteroatoms. The van der Waals surface area contributed by atoms with Crippen LogP contribution in [0.4, 0.5) is 4.39 Å². The number of aliphatic hydroxyl groups is 1. The van der Waals surface area contributed by atoms with Crippen LogP contribution in [0.2, 0.25) is 0 Å². The molecule has 1 saturated heterocycles. The third kappa shape index (κ3) is 4.52. The molecule has 1 heterocycles. The number of ether oxygens (including phenoxy) is 1. The van der Waals surface area contributed by atoms with E-state index in [0.717, 1.165) is 5.56 Å². The van der Waals surface area contributed by atoms with Crippen LogP contribution in [-0.2, 0) is 14.9 Å². The number of rotatable bonds is 6. The van der Waals surface area contributed by atoms with Crippen molar-refractivity contribution in [3.8, 4) is 0 Å². The highest BCUT2D eigenvalue weighted by Gasteiger charge is 2.41. The van der Waals surface area contributed by atoms with Gasteiger partial charge in [0.15, 0.2) is 0 Å². The summed E-state index contributed by atoms with van der Waals surface area (Å²) in [7, 11) is 0. The van der Waals surface area contributed by atoms with E-state index in [1.165, 1.54) is 12.1 Å². The van der Waals surface area contributed by atoms with Crippen LogP contribution in [-0.4, -0.2) is 36.9 Å². The fraction of sp³-hybridized carbons (Fsp3) is 0.611. The lowest BCUT2D eigenvalue weighted by Crippen LogP contribution is -2.49. The molecule has 1 aromatic rings. The Morgan fingerprint density at radius 1 is 1.30 bits per heavy atom. The molecular weight excluding hydrogens is 297 g/mol. The number of nitrogens with one attached hydrogen (secondary N) is 1. The van der Waals surface area contributed by atoms with Crippen molar-refractivity contribution in [3.63, 3.8) is 0 Å². The second-order valence-corrected chi connectivity index (χ2v) is 6.60. The molecule has 1 aliphatic rings. The van der Waals surface area contributed by atoms with Gasteiger partial charge in [-0.2, -0.15) is 0 Å². The molecule has 128 valence electrons. The smallest absolute Gasteiger partial charge is 0.230 e. The molecule has 2 unspecified atom stereocenters. The summed E-state index contributed by atoms with van der Waals surface area (Å²) in [4.78, 5) is 12.9. The highest BCUT2D eigenvalue weighted by molar-refractivity contribution is 5.88. The molecule has 0 saturated carbocycles. The van der Waals surface area contributed by atoms with Gasteiger partial charge >= 0.3 is 0 Å². The Kier molecular flexibility index (Phi) is 6.13. The molecule has 4 nitrogen and oxygen atoms in total. The second-order valence-electron chi connectivity index (χ2n) is 6.60. The fourth-order valence-electron chi connectivity index (χ4n) is 3.24.